The smallest absolute Gasteiger partial charge is 0.280 e. The Hall–Kier alpha value is -2.86. The lowest BCUT2D eigenvalue weighted by molar-refractivity contribution is -0.132. The molecule has 128 valence electrons. The Balaban J connectivity index is 1.66. The summed E-state index contributed by atoms with van der Waals surface area (Å²) in [6, 6.07) is 14.2. The zero-order chi connectivity index (χ0) is 17.8. The molecule has 0 spiro atoms. The third kappa shape index (κ3) is 3.97. The van der Waals surface area contributed by atoms with Crippen molar-refractivity contribution >= 4 is 29.1 Å². The van der Waals surface area contributed by atoms with Crippen LogP contribution in [0.4, 0.5) is 0 Å². The number of ether oxygens (including phenoxy) is 1. The van der Waals surface area contributed by atoms with E-state index in [1.165, 1.54) is 17.1 Å². The highest BCUT2D eigenvalue weighted by Gasteiger charge is 2.22. The molecule has 1 aliphatic heterocycles. The average molecular weight is 358 g/mol. The van der Waals surface area contributed by atoms with Crippen molar-refractivity contribution in [1.29, 1.82) is 0 Å². The molecule has 1 heterocycles. The summed E-state index contributed by atoms with van der Waals surface area (Å²) in [5, 5.41) is 6.09. The molecule has 2 aromatic carbocycles. The molecule has 0 radical (unpaired) electrons. The molecule has 0 bridgehead atoms. The minimum Gasteiger partial charge on any atom is -0.483 e. The molecule has 0 fully saturated rings. The third-order valence-electron chi connectivity index (χ3n) is 3.75. The highest BCUT2D eigenvalue weighted by Crippen LogP contribution is 2.23. The van der Waals surface area contributed by atoms with Crippen LogP contribution in [0.15, 0.2) is 53.6 Å². The minimum absolute atomic E-state index is 0.134. The second-order valence-electron chi connectivity index (χ2n) is 5.47. The Labute approximate surface area is 149 Å². The van der Waals surface area contributed by atoms with Crippen LogP contribution in [0.1, 0.15) is 22.3 Å². The summed E-state index contributed by atoms with van der Waals surface area (Å²) >= 11 is 5.85. The predicted octanol–water partition coefficient (Wildman–Crippen LogP) is 2.45. The standard InChI is InChI=1S/C18H16ClN3O3/c19-13-6-7-16(14(10-13)18(20)24)25-11-17(23)22-9-8-15(21-22)12-4-2-1-3-5-12/h1-7,10H,8-9,11H2,(H2,20,24). The van der Waals surface area contributed by atoms with Crippen LogP contribution in [0.3, 0.4) is 0 Å². The van der Waals surface area contributed by atoms with E-state index in [2.05, 4.69) is 5.10 Å². The first-order valence-electron chi connectivity index (χ1n) is 7.70. The van der Waals surface area contributed by atoms with Gasteiger partial charge >= 0.3 is 0 Å². The molecular formula is C18H16ClN3O3. The molecule has 2 amide bonds. The van der Waals surface area contributed by atoms with Crippen LogP contribution in [0.2, 0.25) is 5.02 Å². The molecule has 0 aliphatic carbocycles. The number of carbonyl (C=O) groups is 2. The number of nitrogens with zero attached hydrogens (tertiary/aromatic N) is 2. The number of halogens is 1. The van der Waals surface area contributed by atoms with Crippen molar-refractivity contribution in [2.75, 3.05) is 13.2 Å². The zero-order valence-electron chi connectivity index (χ0n) is 13.3. The van der Waals surface area contributed by atoms with Crippen LogP contribution < -0.4 is 10.5 Å². The highest BCUT2D eigenvalue weighted by molar-refractivity contribution is 6.31. The van der Waals surface area contributed by atoms with Crippen LogP contribution in [-0.4, -0.2) is 35.7 Å². The van der Waals surface area contributed by atoms with Gasteiger partial charge in [0.1, 0.15) is 5.75 Å². The Bertz CT molecular complexity index is 837. The van der Waals surface area contributed by atoms with Gasteiger partial charge in [0.2, 0.25) is 0 Å². The van der Waals surface area contributed by atoms with E-state index in [-0.39, 0.29) is 23.8 Å². The summed E-state index contributed by atoms with van der Waals surface area (Å²) in [5.41, 5.74) is 7.29. The fourth-order valence-electron chi connectivity index (χ4n) is 2.51. The number of rotatable bonds is 5. The molecule has 2 N–H and O–H groups in total. The zero-order valence-corrected chi connectivity index (χ0v) is 14.1. The monoisotopic (exact) mass is 357 g/mol. The number of carbonyl (C=O) groups excluding carboxylic acids is 2. The Kier molecular flexibility index (Phi) is 5.00. The molecule has 3 rings (SSSR count). The van der Waals surface area contributed by atoms with Crippen molar-refractivity contribution in [2.45, 2.75) is 6.42 Å². The summed E-state index contributed by atoms with van der Waals surface area (Å²) in [6.07, 6.45) is 0.684. The van der Waals surface area contributed by atoms with E-state index in [9.17, 15) is 9.59 Å². The molecule has 0 aromatic heterocycles. The van der Waals surface area contributed by atoms with E-state index >= 15 is 0 Å². The molecular weight excluding hydrogens is 342 g/mol. The van der Waals surface area contributed by atoms with Crippen molar-refractivity contribution in [3.05, 3.63) is 64.7 Å². The van der Waals surface area contributed by atoms with E-state index in [0.29, 0.717) is 18.0 Å². The van der Waals surface area contributed by atoms with Gasteiger partial charge in [-0.3, -0.25) is 9.59 Å². The van der Waals surface area contributed by atoms with Crippen LogP contribution in [-0.2, 0) is 4.79 Å². The van der Waals surface area contributed by atoms with E-state index < -0.39 is 5.91 Å². The summed E-state index contributed by atoms with van der Waals surface area (Å²) in [7, 11) is 0. The second kappa shape index (κ2) is 7.36. The first-order chi connectivity index (χ1) is 12.0. The van der Waals surface area contributed by atoms with Gasteiger partial charge in [0.25, 0.3) is 11.8 Å². The van der Waals surface area contributed by atoms with E-state index in [0.717, 1.165) is 11.3 Å². The van der Waals surface area contributed by atoms with Crippen LogP contribution in [0.25, 0.3) is 0 Å². The van der Waals surface area contributed by atoms with E-state index in [4.69, 9.17) is 22.1 Å². The molecule has 2 aromatic rings. The van der Waals surface area contributed by atoms with Gasteiger partial charge in [-0.1, -0.05) is 41.9 Å². The average Bonchev–Trinajstić information content (AvgIpc) is 3.11. The van der Waals surface area contributed by atoms with Crippen LogP contribution >= 0.6 is 11.6 Å². The SMILES string of the molecule is NC(=O)c1cc(Cl)ccc1OCC(=O)N1CCC(c2ccccc2)=N1. The molecule has 0 saturated carbocycles. The number of nitrogens with two attached hydrogens (primary N) is 1. The molecule has 7 heteroatoms. The number of hydrogen-bond acceptors (Lipinski definition) is 4. The lowest BCUT2D eigenvalue weighted by atomic mass is 10.1. The number of hydrazone groups is 1. The van der Waals surface area contributed by atoms with Gasteiger partial charge < -0.3 is 10.5 Å². The maximum Gasteiger partial charge on any atom is 0.280 e. The number of primary amides is 1. The van der Waals surface area contributed by atoms with Crippen molar-refractivity contribution in [3.8, 4) is 5.75 Å². The first kappa shape index (κ1) is 17.0. The van der Waals surface area contributed by atoms with Gasteiger partial charge in [0, 0.05) is 11.4 Å². The number of benzene rings is 2. The van der Waals surface area contributed by atoms with E-state index in [1.54, 1.807) is 6.07 Å². The van der Waals surface area contributed by atoms with Crippen LogP contribution in [0.5, 0.6) is 5.75 Å². The Morgan fingerprint density at radius 1 is 1.20 bits per heavy atom. The minimum atomic E-state index is -0.671. The maximum absolute atomic E-state index is 12.3. The lowest BCUT2D eigenvalue weighted by Crippen LogP contribution is -2.29. The fraction of sp³-hybridized carbons (Fsp3) is 0.167. The molecule has 1 aliphatic rings. The highest BCUT2D eigenvalue weighted by atomic mass is 35.5. The van der Waals surface area contributed by atoms with Crippen LogP contribution in [0, 0.1) is 0 Å². The first-order valence-corrected chi connectivity index (χ1v) is 8.08. The summed E-state index contributed by atoms with van der Waals surface area (Å²) in [5.74, 6) is -0.747. The van der Waals surface area contributed by atoms with Gasteiger partial charge in [-0.15, -0.1) is 0 Å². The quantitative estimate of drug-likeness (QED) is 0.891. The molecule has 25 heavy (non-hydrogen) atoms. The van der Waals surface area contributed by atoms with Gasteiger partial charge in [-0.25, -0.2) is 5.01 Å². The fourth-order valence-corrected chi connectivity index (χ4v) is 2.68. The molecule has 0 unspecified atom stereocenters. The number of hydrogen-bond donors (Lipinski definition) is 1. The van der Waals surface area contributed by atoms with Crippen molar-refractivity contribution < 1.29 is 14.3 Å². The van der Waals surface area contributed by atoms with Crippen molar-refractivity contribution in [3.63, 3.8) is 0 Å². The van der Waals surface area contributed by atoms with Gasteiger partial charge in [-0.2, -0.15) is 5.10 Å². The lowest BCUT2D eigenvalue weighted by Gasteiger charge is -2.13. The second-order valence-corrected chi connectivity index (χ2v) is 5.91. The summed E-state index contributed by atoms with van der Waals surface area (Å²) in [6.45, 7) is 0.253. The normalized spacial score (nSPS) is 13.5. The third-order valence-corrected chi connectivity index (χ3v) is 3.99. The van der Waals surface area contributed by atoms with Crippen molar-refractivity contribution in [1.82, 2.24) is 5.01 Å². The topological polar surface area (TPSA) is 85.0 Å². The number of amides is 2. The largest absolute Gasteiger partial charge is 0.483 e. The van der Waals surface area contributed by atoms with Gasteiger partial charge in [0.05, 0.1) is 17.8 Å². The molecule has 0 atom stereocenters. The molecule has 6 nitrogen and oxygen atoms in total. The van der Waals surface area contributed by atoms with Gasteiger partial charge in [0.15, 0.2) is 6.61 Å². The maximum atomic E-state index is 12.3. The molecule has 0 saturated heterocycles. The predicted molar refractivity (Wildman–Crippen MR) is 94.8 cm³/mol. The Morgan fingerprint density at radius 2 is 1.96 bits per heavy atom. The van der Waals surface area contributed by atoms with E-state index in [1.807, 2.05) is 30.3 Å². The summed E-state index contributed by atoms with van der Waals surface area (Å²) < 4.78 is 5.45. The van der Waals surface area contributed by atoms with Crippen molar-refractivity contribution in [2.24, 2.45) is 10.8 Å². The summed E-state index contributed by atoms with van der Waals surface area (Å²) in [4.78, 5) is 23.7. The Morgan fingerprint density at radius 3 is 2.68 bits per heavy atom. The van der Waals surface area contributed by atoms with Gasteiger partial charge in [-0.05, 0) is 23.8 Å².